The van der Waals surface area contributed by atoms with Crippen molar-refractivity contribution in [3.8, 4) is 0 Å². The van der Waals surface area contributed by atoms with Crippen molar-refractivity contribution in [1.82, 2.24) is 31.1 Å². The predicted octanol–water partition coefficient (Wildman–Crippen LogP) is 3.48. The molecule has 6 atom stereocenters. The number of fused-ring (bicyclic) bond motifs is 3. The van der Waals surface area contributed by atoms with Gasteiger partial charge < -0.3 is 40.5 Å². The van der Waals surface area contributed by atoms with Gasteiger partial charge in [-0.2, -0.15) is 0 Å². The monoisotopic (exact) mass is 814 g/mol. The van der Waals surface area contributed by atoms with E-state index in [0.717, 1.165) is 24.8 Å². The summed E-state index contributed by atoms with van der Waals surface area (Å²) in [6, 6.07) is 13.5. The van der Waals surface area contributed by atoms with Crippen LogP contribution in [0.5, 0.6) is 0 Å². The molecule has 3 aliphatic heterocycles. The van der Waals surface area contributed by atoms with Gasteiger partial charge in [0.05, 0.1) is 24.3 Å². The van der Waals surface area contributed by atoms with E-state index in [1.807, 2.05) is 50.3 Å². The highest BCUT2D eigenvalue weighted by atomic mass is 16.5. The summed E-state index contributed by atoms with van der Waals surface area (Å²) in [6.45, 7) is 3.35. The molecular weight excluding hydrogens is 757 g/mol. The maximum atomic E-state index is 14.5. The number of likely N-dealkylation sites (N-methyl/N-ethyl adjacent to an activating group) is 1. The van der Waals surface area contributed by atoms with Crippen LogP contribution >= 0.6 is 0 Å². The van der Waals surface area contributed by atoms with Crippen LogP contribution in [0.3, 0.4) is 0 Å². The Kier molecular flexibility index (Phi) is 15.8. The predicted molar refractivity (Wildman–Crippen MR) is 218 cm³/mol. The molecule has 5 rings (SSSR count). The minimum atomic E-state index is -1.26. The van der Waals surface area contributed by atoms with Gasteiger partial charge in [0, 0.05) is 26.6 Å². The topological polar surface area (TPSA) is 193 Å². The quantitative estimate of drug-likeness (QED) is 0.205. The third kappa shape index (κ3) is 12.5. The van der Waals surface area contributed by atoms with Gasteiger partial charge in [0.25, 0.3) is 5.91 Å². The number of benzene rings is 2. The third-order valence-electron chi connectivity index (χ3n) is 10.9. The van der Waals surface area contributed by atoms with Crippen molar-refractivity contribution in [3.63, 3.8) is 0 Å². The summed E-state index contributed by atoms with van der Waals surface area (Å²) >= 11 is 0. The first kappa shape index (κ1) is 44.5. The summed E-state index contributed by atoms with van der Waals surface area (Å²) in [5, 5.41) is 10.6. The molecule has 0 aliphatic carbocycles. The molecule has 59 heavy (non-hydrogen) atoms. The van der Waals surface area contributed by atoms with Crippen LogP contribution in [0.2, 0.25) is 0 Å². The summed E-state index contributed by atoms with van der Waals surface area (Å²) < 4.78 is 11.8. The van der Waals surface area contributed by atoms with Crippen LogP contribution in [0.15, 0.2) is 72.8 Å². The van der Waals surface area contributed by atoms with E-state index in [1.54, 1.807) is 44.4 Å². The molecule has 0 unspecified atom stereocenters. The van der Waals surface area contributed by atoms with E-state index in [2.05, 4.69) is 27.3 Å². The molecule has 2 saturated heterocycles. The smallest absolute Gasteiger partial charge is 0.408 e. The van der Waals surface area contributed by atoms with Gasteiger partial charge in [-0.15, -0.1) is 0 Å². The number of carbonyl (C=O) groups is 7. The molecular formula is C44H58N6O9. The zero-order valence-electron chi connectivity index (χ0n) is 34.4. The van der Waals surface area contributed by atoms with Gasteiger partial charge in [-0.1, -0.05) is 85.7 Å². The lowest BCUT2D eigenvalue weighted by Crippen LogP contribution is -2.58. The number of rotatable bonds is 10. The van der Waals surface area contributed by atoms with Crippen molar-refractivity contribution in [3.05, 3.63) is 83.9 Å². The number of nitrogens with one attached hydrogen (secondary N) is 4. The molecule has 0 aromatic heterocycles. The second-order valence-corrected chi connectivity index (χ2v) is 16.3. The molecule has 15 heteroatoms. The number of hydrogen-bond donors (Lipinski definition) is 4. The van der Waals surface area contributed by atoms with Crippen LogP contribution in [0.4, 0.5) is 4.79 Å². The average Bonchev–Trinajstić information content (AvgIpc) is 3.71. The Morgan fingerprint density at radius 1 is 0.915 bits per heavy atom. The second-order valence-electron chi connectivity index (χ2n) is 16.3. The minimum Gasteiger partial charge on any atom is -0.445 e. The molecule has 3 aliphatic rings. The Hall–Kier alpha value is -5.57. The average molecular weight is 815 g/mol. The highest BCUT2D eigenvalue weighted by molar-refractivity contribution is 6.38. The molecule has 15 nitrogen and oxygen atoms in total. The number of ether oxygens (including phenoxy) is 2. The second kappa shape index (κ2) is 20.9. The molecule has 4 N–H and O–H groups in total. The van der Waals surface area contributed by atoms with Gasteiger partial charge in [0.1, 0.15) is 24.7 Å². The van der Waals surface area contributed by atoms with E-state index in [1.165, 1.54) is 9.80 Å². The van der Waals surface area contributed by atoms with Crippen molar-refractivity contribution in [2.75, 3.05) is 27.2 Å². The molecule has 2 aromatic rings. The first-order valence-electron chi connectivity index (χ1n) is 20.5. The van der Waals surface area contributed by atoms with Crippen LogP contribution in [-0.4, -0.2) is 108 Å². The van der Waals surface area contributed by atoms with Crippen LogP contribution in [0.1, 0.15) is 88.8 Å². The van der Waals surface area contributed by atoms with E-state index >= 15 is 0 Å². The Labute approximate surface area is 346 Å². The van der Waals surface area contributed by atoms with Crippen LogP contribution in [-0.2, 0) is 44.8 Å². The number of Topliss-reactive ketones (excluding diaryl/α,β-unsaturated/α-hetero) is 1. The molecule has 0 radical (unpaired) electrons. The van der Waals surface area contributed by atoms with Gasteiger partial charge >= 0.3 is 6.09 Å². The normalized spacial score (nSPS) is 24.5. The molecule has 0 bridgehead atoms. The summed E-state index contributed by atoms with van der Waals surface area (Å²) in [6.07, 6.45) is 7.86. The zero-order valence-corrected chi connectivity index (χ0v) is 34.4. The highest BCUT2D eigenvalue weighted by Gasteiger charge is 2.56. The molecule has 6 amide bonds. The molecule has 3 heterocycles. The van der Waals surface area contributed by atoms with E-state index in [-0.39, 0.29) is 25.5 Å². The number of carbonyl (C=O) groups excluding carboxylic acids is 7. The molecule has 2 aromatic carbocycles. The summed E-state index contributed by atoms with van der Waals surface area (Å²) in [7, 11) is 3.12. The number of alkyl carbamates (subject to hydrolysis) is 1. The lowest BCUT2D eigenvalue weighted by Gasteiger charge is -2.32. The van der Waals surface area contributed by atoms with E-state index in [9.17, 15) is 33.6 Å². The third-order valence-corrected chi connectivity index (χ3v) is 10.9. The van der Waals surface area contributed by atoms with Crippen LogP contribution < -0.4 is 21.3 Å². The lowest BCUT2D eigenvalue weighted by atomic mass is 9.89. The summed E-state index contributed by atoms with van der Waals surface area (Å²) in [5.74, 6) is -4.59. The minimum absolute atomic E-state index is 0.0121. The molecule has 318 valence electrons. The molecule has 0 saturated carbocycles. The van der Waals surface area contributed by atoms with Gasteiger partial charge in [0.15, 0.2) is 0 Å². The van der Waals surface area contributed by atoms with Crippen LogP contribution in [0, 0.1) is 5.92 Å². The molecule has 2 fully saturated rings. The van der Waals surface area contributed by atoms with Crippen molar-refractivity contribution in [2.45, 2.75) is 114 Å². The van der Waals surface area contributed by atoms with Gasteiger partial charge in [0.2, 0.25) is 29.4 Å². The number of allylic oxidation sites excluding steroid dienone is 2. The van der Waals surface area contributed by atoms with Crippen molar-refractivity contribution in [2.24, 2.45) is 5.92 Å². The lowest BCUT2D eigenvalue weighted by molar-refractivity contribution is -0.144. The standard InChI is InChI=1S/C44H58N6O9/c1-44(2)25-31-34(59-44)27-50-37(31)39(53)46-32(38(52)40(54)45-26-35(51)48-36(42(56)49(3)4)30-21-15-12-16-22-30)23-17-9-7-5-6-8-10-18-24-33(41(50)55)47-43(57)58-28-29-19-13-11-14-20-29/h5-6,11-16,19-22,31-34,36-37H,7-10,17-18,23-28H2,1-4H3,(H,45,54)(H,46,53)(H,47,57)(H,48,51)/b6-5+/t31-,32-,33-,34-,36-,37-/m0/s1. The number of hydrogen-bond acceptors (Lipinski definition) is 9. The molecule has 0 spiro atoms. The Balaban J connectivity index is 1.32. The van der Waals surface area contributed by atoms with Gasteiger partial charge in [-0.25, -0.2) is 4.79 Å². The fourth-order valence-corrected chi connectivity index (χ4v) is 7.99. The van der Waals surface area contributed by atoms with Gasteiger partial charge in [-0.3, -0.25) is 28.8 Å². The Bertz CT molecular complexity index is 1840. The largest absolute Gasteiger partial charge is 0.445 e. The van der Waals surface area contributed by atoms with E-state index in [4.69, 9.17) is 9.47 Å². The Morgan fingerprint density at radius 2 is 1.56 bits per heavy atom. The fourth-order valence-electron chi connectivity index (χ4n) is 7.99. The summed E-state index contributed by atoms with van der Waals surface area (Å²) in [4.78, 5) is 97.9. The first-order chi connectivity index (χ1) is 28.2. The van der Waals surface area contributed by atoms with Crippen molar-refractivity contribution < 1.29 is 43.0 Å². The number of nitrogens with zero attached hydrogens (tertiary/aromatic N) is 2. The summed E-state index contributed by atoms with van der Waals surface area (Å²) in [5.41, 5.74) is 0.757. The Morgan fingerprint density at radius 3 is 2.22 bits per heavy atom. The fraction of sp³-hybridized carbons (Fsp3) is 0.523. The SMILES string of the molecule is CN(C)C(=O)[C@@H](NC(=O)CNC(=O)C(=O)[C@@H]1CCCC/C=C/CCCC[C@H](NC(=O)OCc2ccccc2)C(=O)N2C[C@@H]3OC(C)(C)C[C@@H]3[C@H]2C(=O)N1)c1ccccc1. The zero-order chi connectivity index (χ0) is 42.5. The first-order valence-corrected chi connectivity index (χ1v) is 20.5. The maximum Gasteiger partial charge on any atom is 0.408 e. The van der Waals surface area contributed by atoms with Gasteiger partial charge in [-0.05, 0) is 69.9 Å². The van der Waals surface area contributed by atoms with Crippen LogP contribution in [0.25, 0.3) is 0 Å². The highest BCUT2D eigenvalue weighted by Crippen LogP contribution is 2.43. The maximum absolute atomic E-state index is 14.5. The van der Waals surface area contributed by atoms with E-state index < -0.39 is 83.8 Å². The van der Waals surface area contributed by atoms with Crippen molar-refractivity contribution >= 4 is 41.4 Å². The number of ketones is 1. The van der Waals surface area contributed by atoms with Crippen molar-refractivity contribution in [1.29, 1.82) is 0 Å². The van der Waals surface area contributed by atoms with E-state index in [0.29, 0.717) is 37.7 Å². The number of amides is 6.